The number of aliphatic imine (C=N–C) groups is 1. The van der Waals surface area contributed by atoms with E-state index >= 15 is 0 Å². The van der Waals surface area contributed by atoms with E-state index in [1.807, 2.05) is 31.2 Å². The van der Waals surface area contributed by atoms with Crippen LogP contribution in [-0.4, -0.2) is 11.1 Å². The first-order valence-electron chi connectivity index (χ1n) is 5.82. The summed E-state index contributed by atoms with van der Waals surface area (Å²) in [7, 11) is 0. The highest BCUT2D eigenvalue weighted by atomic mass is 16.3. The van der Waals surface area contributed by atoms with Gasteiger partial charge in [0.15, 0.2) is 5.58 Å². The summed E-state index contributed by atoms with van der Waals surface area (Å²) in [6.45, 7) is 2.03. The van der Waals surface area contributed by atoms with E-state index in [-0.39, 0.29) is 0 Å². The first kappa shape index (κ1) is 11.4. The smallest absolute Gasteiger partial charge is 0.240 e. The zero-order chi connectivity index (χ0) is 13.2. The molecule has 0 aliphatic rings. The lowest BCUT2D eigenvalue weighted by Crippen LogP contribution is -1.77. The average molecular weight is 250 g/mol. The van der Waals surface area contributed by atoms with Gasteiger partial charge in [-0.3, -0.25) is 0 Å². The molecule has 0 saturated carbocycles. The third-order valence-corrected chi connectivity index (χ3v) is 2.85. The molecule has 0 N–H and O–H groups in total. The molecule has 0 atom stereocenters. The Balaban J connectivity index is 2.10. The largest absolute Gasteiger partial charge is 0.436 e. The van der Waals surface area contributed by atoms with Crippen molar-refractivity contribution < 1.29 is 9.21 Å². The molecule has 0 aliphatic heterocycles. The molecule has 0 radical (unpaired) electrons. The first-order valence-corrected chi connectivity index (χ1v) is 5.82. The lowest BCUT2D eigenvalue weighted by atomic mass is 10.1. The van der Waals surface area contributed by atoms with E-state index in [1.54, 1.807) is 18.2 Å². The van der Waals surface area contributed by atoms with Gasteiger partial charge in [-0.05, 0) is 31.2 Å². The Hall–Kier alpha value is -2.71. The SMILES string of the molecule is Cc1ccc(-c2nc3ccc(N=C=O)cc3o2)cc1. The summed E-state index contributed by atoms with van der Waals surface area (Å²) in [5.74, 6) is 0.558. The fourth-order valence-corrected chi connectivity index (χ4v) is 1.86. The van der Waals surface area contributed by atoms with E-state index < -0.39 is 0 Å². The van der Waals surface area contributed by atoms with Crippen LogP contribution in [0, 0.1) is 6.92 Å². The van der Waals surface area contributed by atoms with Crippen molar-refractivity contribution in [3.05, 3.63) is 48.0 Å². The number of aryl methyl sites for hydroxylation is 1. The van der Waals surface area contributed by atoms with Gasteiger partial charge in [0.1, 0.15) is 5.52 Å². The number of isocyanates is 1. The number of rotatable bonds is 2. The number of hydrogen-bond donors (Lipinski definition) is 0. The van der Waals surface area contributed by atoms with Crippen LogP contribution >= 0.6 is 0 Å². The summed E-state index contributed by atoms with van der Waals surface area (Å²) < 4.78 is 5.68. The van der Waals surface area contributed by atoms with Gasteiger partial charge in [0.2, 0.25) is 12.0 Å². The number of oxazole rings is 1. The summed E-state index contributed by atoms with van der Waals surface area (Å²) in [6.07, 6.45) is 1.51. The van der Waals surface area contributed by atoms with Crippen molar-refractivity contribution in [2.24, 2.45) is 4.99 Å². The van der Waals surface area contributed by atoms with E-state index in [4.69, 9.17) is 4.42 Å². The average Bonchev–Trinajstić information content (AvgIpc) is 2.83. The second-order valence-electron chi connectivity index (χ2n) is 4.24. The zero-order valence-electron chi connectivity index (χ0n) is 10.3. The normalized spacial score (nSPS) is 10.4. The van der Waals surface area contributed by atoms with Crippen LogP contribution < -0.4 is 0 Å². The Morgan fingerprint density at radius 3 is 2.68 bits per heavy atom. The molecule has 19 heavy (non-hydrogen) atoms. The highest BCUT2D eigenvalue weighted by molar-refractivity contribution is 5.79. The maximum atomic E-state index is 10.2. The molecule has 0 saturated heterocycles. The molecule has 4 nitrogen and oxygen atoms in total. The minimum Gasteiger partial charge on any atom is -0.436 e. The Labute approximate surface area is 109 Å². The van der Waals surface area contributed by atoms with Crippen molar-refractivity contribution in [2.75, 3.05) is 0 Å². The molecule has 0 unspecified atom stereocenters. The molecule has 2 aromatic carbocycles. The standard InChI is InChI=1S/C15H10N2O2/c1-10-2-4-11(5-3-10)15-17-13-7-6-12(16-9-18)8-14(13)19-15/h2-8H,1H3. The summed E-state index contributed by atoms with van der Waals surface area (Å²) >= 11 is 0. The van der Waals surface area contributed by atoms with E-state index in [0.717, 1.165) is 11.1 Å². The highest BCUT2D eigenvalue weighted by Gasteiger charge is 2.08. The second kappa shape index (κ2) is 4.52. The second-order valence-corrected chi connectivity index (χ2v) is 4.24. The maximum absolute atomic E-state index is 10.2. The maximum Gasteiger partial charge on any atom is 0.240 e. The van der Waals surface area contributed by atoms with Crippen LogP contribution in [0.2, 0.25) is 0 Å². The quantitative estimate of drug-likeness (QED) is 0.514. The fraction of sp³-hybridized carbons (Fsp3) is 0.0667. The predicted molar refractivity (Wildman–Crippen MR) is 72.0 cm³/mol. The molecule has 1 heterocycles. The van der Waals surface area contributed by atoms with Gasteiger partial charge in [0.25, 0.3) is 0 Å². The third kappa shape index (κ3) is 2.17. The van der Waals surface area contributed by atoms with Crippen LogP contribution in [-0.2, 0) is 4.79 Å². The number of hydrogen-bond acceptors (Lipinski definition) is 4. The van der Waals surface area contributed by atoms with Gasteiger partial charge in [-0.2, -0.15) is 4.99 Å². The Morgan fingerprint density at radius 1 is 1.16 bits per heavy atom. The Bertz CT molecular complexity index is 782. The minimum atomic E-state index is 0.508. The van der Waals surface area contributed by atoms with Gasteiger partial charge in [-0.15, -0.1) is 0 Å². The van der Waals surface area contributed by atoms with Crippen LogP contribution in [0.1, 0.15) is 5.56 Å². The number of nitrogens with zero attached hydrogens (tertiary/aromatic N) is 2. The molecular weight excluding hydrogens is 240 g/mol. The predicted octanol–water partition coefficient (Wildman–Crippen LogP) is 3.77. The van der Waals surface area contributed by atoms with Crippen molar-refractivity contribution in [3.63, 3.8) is 0 Å². The molecule has 1 aromatic heterocycles. The van der Waals surface area contributed by atoms with Crippen molar-refractivity contribution >= 4 is 22.9 Å². The molecule has 0 fully saturated rings. The Kier molecular flexibility index (Phi) is 2.71. The lowest BCUT2D eigenvalue weighted by molar-refractivity contribution is 0.565. The molecule has 0 amide bonds. The van der Waals surface area contributed by atoms with Crippen LogP contribution in [0.4, 0.5) is 5.69 Å². The molecule has 0 aliphatic carbocycles. The molecule has 92 valence electrons. The number of benzene rings is 2. The van der Waals surface area contributed by atoms with Crippen LogP contribution in [0.5, 0.6) is 0 Å². The van der Waals surface area contributed by atoms with E-state index in [1.165, 1.54) is 11.6 Å². The van der Waals surface area contributed by atoms with Gasteiger partial charge in [-0.1, -0.05) is 17.7 Å². The third-order valence-electron chi connectivity index (χ3n) is 2.85. The number of fused-ring (bicyclic) bond motifs is 1. The molecule has 4 heteroatoms. The Morgan fingerprint density at radius 2 is 1.95 bits per heavy atom. The summed E-state index contributed by atoms with van der Waals surface area (Å²) in [6, 6.07) is 13.1. The van der Waals surface area contributed by atoms with Gasteiger partial charge >= 0.3 is 0 Å². The number of carbonyl (C=O) groups excluding carboxylic acids is 1. The van der Waals surface area contributed by atoms with Crippen molar-refractivity contribution in [1.82, 2.24) is 4.98 Å². The van der Waals surface area contributed by atoms with Crippen molar-refractivity contribution in [1.29, 1.82) is 0 Å². The summed E-state index contributed by atoms with van der Waals surface area (Å²) in [4.78, 5) is 18.2. The molecule has 3 rings (SSSR count). The van der Waals surface area contributed by atoms with Crippen LogP contribution in [0.3, 0.4) is 0 Å². The van der Waals surface area contributed by atoms with E-state index in [0.29, 0.717) is 17.2 Å². The summed E-state index contributed by atoms with van der Waals surface area (Å²) in [5.41, 5.74) is 3.95. The van der Waals surface area contributed by atoms with Gasteiger partial charge in [-0.25, -0.2) is 9.78 Å². The van der Waals surface area contributed by atoms with Gasteiger partial charge < -0.3 is 4.42 Å². The molecule has 0 bridgehead atoms. The van der Waals surface area contributed by atoms with Gasteiger partial charge in [0, 0.05) is 11.6 Å². The molecular formula is C15H10N2O2. The fourth-order valence-electron chi connectivity index (χ4n) is 1.86. The molecule has 3 aromatic rings. The van der Waals surface area contributed by atoms with Gasteiger partial charge in [0.05, 0.1) is 5.69 Å². The zero-order valence-corrected chi connectivity index (χ0v) is 10.3. The lowest BCUT2D eigenvalue weighted by Gasteiger charge is -1.95. The topological polar surface area (TPSA) is 55.5 Å². The monoisotopic (exact) mass is 250 g/mol. The van der Waals surface area contributed by atoms with Crippen molar-refractivity contribution in [3.8, 4) is 11.5 Å². The number of aromatic nitrogens is 1. The van der Waals surface area contributed by atoms with E-state index in [2.05, 4.69) is 9.98 Å². The summed E-state index contributed by atoms with van der Waals surface area (Å²) in [5, 5.41) is 0. The van der Waals surface area contributed by atoms with Crippen LogP contribution in [0.15, 0.2) is 51.9 Å². The van der Waals surface area contributed by atoms with Crippen LogP contribution in [0.25, 0.3) is 22.6 Å². The molecule has 0 spiro atoms. The van der Waals surface area contributed by atoms with Crippen molar-refractivity contribution in [2.45, 2.75) is 6.92 Å². The van der Waals surface area contributed by atoms with E-state index in [9.17, 15) is 4.79 Å². The first-order chi connectivity index (χ1) is 9.26. The minimum absolute atomic E-state index is 0.508. The highest BCUT2D eigenvalue weighted by Crippen LogP contribution is 2.27.